The maximum Gasteiger partial charge on any atom is 0.253 e. The highest BCUT2D eigenvalue weighted by atomic mass is 19.1. The first-order valence-corrected chi connectivity index (χ1v) is 9.62. The van der Waals surface area contributed by atoms with E-state index in [-0.39, 0.29) is 47.9 Å². The van der Waals surface area contributed by atoms with Crippen LogP contribution in [0, 0.1) is 5.82 Å². The number of likely N-dealkylation sites (N-methyl/N-ethyl adjacent to an activating group) is 1. The second-order valence-corrected chi connectivity index (χ2v) is 7.36. The van der Waals surface area contributed by atoms with Crippen molar-refractivity contribution in [3.63, 3.8) is 0 Å². The van der Waals surface area contributed by atoms with Crippen LogP contribution in [-0.4, -0.2) is 47.5 Å². The van der Waals surface area contributed by atoms with E-state index in [1.807, 2.05) is 7.05 Å². The molecule has 7 nitrogen and oxygen atoms in total. The molecule has 0 aliphatic carbocycles. The van der Waals surface area contributed by atoms with Crippen molar-refractivity contribution in [3.05, 3.63) is 69.9 Å². The largest absolute Gasteiger partial charge is 0.351 e. The Kier molecular flexibility index (Phi) is 6.77. The van der Waals surface area contributed by atoms with E-state index in [0.29, 0.717) is 0 Å². The van der Waals surface area contributed by atoms with E-state index >= 15 is 0 Å². The van der Waals surface area contributed by atoms with Crippen molar-refractivity contribution in [3.8, 4) is 0 Å². The van der Waals surface area contributed by atoms with Gasteiger partial charge in [0, 0.05) is 31.4 Å². The second kappa shape index (κ2) is 9.47. The SMILES string of the molecule is CN1CCC[C@H](NC(=O)Cn2cc(C(=O)NCc3ccc(F)cc3)ccc2=O)C1. The molecule has 2 aromatic rings. The molecule has 2 N–H and O–H groups in total. The number of carbonyl (C=O) groups excluding carboxylic acids is 2. The summed E-state index contributed by atoms with van der Waals surface area (Å²) in [5.41, 5.74) is 0.679. The molecular formula is C21H25FN4O3. The van der Waals surface area contributed by atoms with Gasteiger partial charge in [0.05, 0.1) is 5.56 Å². The smallest absolute Gasteiger partial charge is 0.253 e. The molecule has 29 heavy (non-hydrogen) atoms. The van der Waals surface area contributed by atoms with Crippen LogP contribution in [0.5, 0.6) is 0 Å². The number of likely N-dealkylation sites (tertiary alicyclic amines) is 1. The summed E-state index contributed by atoms with van der Waals surface area (Å²) < 4.78 is 14.2. The summed E-state index contributed by atoms with van der Waals surface area (Å²) in [4.78, 5) is 39.0. The average molecular weight is 400 g/mol. The van der Waals surface area contributed by atoms with Crippen LogP contribution in [0.25, 0.3) is 0 Å². The lowest BCUT2D eigenvalue weighted by atomic mass is 10.1. The predicted octanol–water partition coefficient (Wildman–Crippen LogP) is 1.13. The summed E-state index contributed by atoms with van der Waals surface area (Å²) in [5, 5.41) is 5.68. The Balaban J connectivity index is 1.59. The van der Waals surface area contributed by atoms with Gasteiger partial charge in [0.2, 0.25) is 5.91 Å². The van der Waals surface area contributed by atoms with Gasteiger partial charge in [-0.15, -0.1) is 0 Å². The van der Waals surface area contributed by atoms with Crippen molar-refractivity contribution in [2.75, 3.05) is 20.1 Å². The standard InChI is InChI=1S/C21H25FN4O3/c1-25-10-2-3-18(13-25)24-19(27)14-26-12-16(6-9-20(26)28)21(29)23-11-15-4-7-17(22)8-5-15/h4-9,12,18H,2-3,10-11,13-14H2,1H3,(H,23,29)(H,24,27)/t18-/m0/s1. The van der Waals surface area contributed by atoms with Crippen molar-refractivity contribution >= 4 is 11.8 Å². The summed E-state index contributed by atoms with van der Waals surface area (Å²) in [6, 6.07) is 8.59. The molecule has 0 radical (unpaired) electrons. The number of rotatable bonds is 6. The lowest BCUT2D eigenvalue weighted by molar-refractivity contribution is -0.122. The Morgan fingerprint density at radius 3 is 2.66 bits per heavy atom. The number of nitrogens with one attached hydrogen (secondary N) is 2. The third-order valence-electron chi connectivity index (χ3n) is 4.92. The maximum absolute atomic E-state index is 12.9. The molecule has 1 aromatic carbocycles. The van der Waals surface area contributed by atoms with Gasteiger partial charge in [-0.25, -0.2) is 4.39 Å². The Morgan fingerprint density at radius 2 is 1.93 bits per heavy atom. The molecule has 154 valence electrons. The van der Waals surface area contributed by atoms with Gasteiger partial charge in [-0.2, -0.15) is 0 Å². The summed E-state index contributed by atoms with van der Waals surface area (Å²) in [6.45, 7) is 1.89. The number of benzene rings is 1. The van der Waals surface area contributed by atoms with Crippen LogP contribution in [0.2, 0.25) is 0 Å². The molecule has 0 bridgehead atoms. The van der Waals surface area contributed by atoms with Crippen molar-refractivity contribution in [1.29, 1.82) is 0 Å². The highest BCUT2D eigenvalue weighted by Crippen LogP contribution is 2.08. The van der Waals surface area contributed by atoms with Crippen molar-refractivity contribution in [1.82, 2.24) is 20.1 Å². The van der Waals surface area contributed by atoms with E-state index < -0.39 is 0 Å². The molecular weight excluding hydrogens is 375 g/mol. The third kappa shape index (κ3) is 5.99. The van der Waals surface area contributed by atoms with Gasteiger partial charge in [0.1, 0.15) is 12.4 Å². The molecule has 0 unspecified atom stereocenters. The first-order valence-electron chi connectivity index (χ1n) is 9.62. The molecule has 0 spiro atoms. The molecule has 2 amide bonds. The van der Waals surface area contributed by atoms with Gasteiger partial charge in [-0.05, 0) is 50.2 Å². The van der Waals surface area contributed by atoms with E-state index in [0.717, 1.165) is 31.5 Å². The quantitative estimate of drug-likeness (QED) is 0.762. The Morgan fingerprint density at radius 1 is 1.17 bits per heavy atom. The van der Waals surface area contributed by atoms with Gasteiger partial charge in [-0.3, -0.25) is 14.4 Å². The summed E-state index contributed by atoms with van der Waals surface area (Å²) in [6.07, 6.45) is 3.32. The van der Waals surface area contributed by atoms with Crippen LogP contribution in [0.1, 0.15) is 28.8 Å². The van der Waals surface area contributed by atoms with Gasteiger partial charge >= 0.3 is 0 Å². The molecule has 8 heteroatoms. The number of carbonyl (C=O) groups is 2. The maximum atomic E-state index is 12.9. The molecule has 1 saturated heterocycles. The first kappa shape index (κ1) is 20.7. The minimum atomic E-state index is -0.377. The fourth-order valence-corrected chi connectivity index (χ4v) is 3.39. The normalized spacial score (nSPS) is 17.0. The molecule has 1 aromatic heterocycles. The van der Waals surface area contributed by atoms with Crippen molar-refractivity contribution in [2.45, 2.75) is 32.0 Å². The minimum Gasteiger partial charge on any atom is -0.351 e. The van der Waals surface area contributed by atoms with Gasteiger partial charge in [0.25, 0.3) is 11.5 Å². The number of aromatic nitrogens is 1. The van der Waals surface area contributed by atoms with E-state index in [1.54, 1.807) is 12.1 Å². The van der Waals surface area contributed by atoms with Gasteiger partial charge in [0.15, 0.2) is 0 Å². The van der Waals surface area contributed by atoms with Crippen LogP contribution < -0.4 is 16.2 Å². The monoisotopic (exact) mass is 400 g/mol. The van der Waals surface area contributed by atoms with E-state index in [2.05, 4.69) is 15.5 Å². The van der Waals surface area contributed by atoms with E-state index in [1.165, 1.54) is 35.0 Å². The summed E-state index contributed by atoms with van der Waals surface area (Å²) >= 11 is 0. The zero-order valence-corrected chi connectivity index (χ0v) is 16.4. The molecule has 1 aliphatic rings. The molecule has 3 rings (SSSR count). The number of halogens is 1. The molecule has 1 aliphatic heterocycles. The lowest BCUT2D eigenvalue weighted by Crippen LogP contribution is -2.47. The Bertz CT molecular complexity index is 926. The van der Waals surface area contributed by atoms with E-state index in [9.17, 15) is 18.8 Å². The van der Waals surface area contributed by atoms with Gasteiger partial charge in [-0.1, -0.05) is 12.1 Å². The van der Waals surface area contributed by atoms with Crippen LogP contribution >= 0.6 is 0 Å². The zero-order valence-electron chi connectivity index (χ0n) is 16.4. The predicted molar refractivity (Wildman–Crippen MR) is 107 cm³/mol. The average Bonchev–Trinajstić information content (AvgIpc) is 2.69. The summed E-state index contributed by atoms with van der Waals surface area (Å²) in [7, 11) is 2.01. The molecule has 1 atom stereocenters. The van der Waals surface area contributed by atoms with Gasteiger partial charge < -0.3 is 20.1 Å². The molecule has 2 heterocycles. The fraction of sp³-hybridized carbons (Fsp3) is 0.381. The van der Waals surface area contributed by atoms with Crippen LogP contribution in [0.15, 0.2) is 47.4 Å². The highest BCUT2D eigenvalue weighted by Gasteiger charge is 2.19. The van der Waals surface area contributed by atoms with E-state index in [4.69, 9.17) is 0 Å². The first-order chi connectivity index (χ1) is 13.9. The van der Waals surface area contributed by atoms with Crippen LogP contribution in [0.3, 0.4) is 0 Å². The number of pyridine rings is 1. The lowest BCUT2D eigenvalue weighted by Gasteiger charge is -2.30. The van der Waals surface area contributed by atoms with Crippen LogP contribution in [0.4, 0.5) is 4.39 Å². The summed E-state index contributed by atoms with van der Waals surface area (Å²) in [5.74, 6) is -0.973. The fourth-order valence-electron chi connectivity index (χ4n) is 3.39. The molecule has 0 saturated carbocycles. The number of nitrogens with zero attached hydrogens (tertiary/aromatic N) is 2. The van der Waals surface area contributed by atoms with Crippen molar-refractivity contribution in [2.24, 2.45) is 0 Å². The Hall–Kier alpha value is -3.00. The number of hydrogen-bond acceptors (Lipinski definition) is 4. The minimum absolute atomic E-state index is 0.0687. The second-order valence-electron chi connectivity index (χ2n) is 7.36. The Labute approximate surface area is 168 Å². The number of piperidine rings is 1. The third-order valence-corrected chi connectivity index (χ3v) is 4.92. The topological polar surface area (TPSA) is 83.4 Å². The number of amides is 2. The van der Waals surface area contributed by atoms with Crippen molar-refractivity contribution < 1.29 is 14.0 Å². The highest BCUT2D eigenvalue weighted by molar-refractivity contribution is 5.93. The zero-order chi connectivity index (χ0) is 20.8. The molecule has 1 fully saturated rings. The van der Waals surface area contributed by atoms with Crippen LogP contribution in [-0.2, 0) is 17.9 Å². The number of hydrogen-bond donors (Lipinski definition) is 2.